The number of rotatable bonds is 4. The summed E-state index contributed by atoms with van der Waals surface area (Å²) in [6, 6.07) is 7.64. The van der Waals surface area contributed by atoms with E-state index in [1.54, 1.807) is 25.6 Å². The SMILES string of the molecule is COc1cccc(Cn2nc(C)c(C(=O)O)c2C)c1. The minimum Gasteiger partial charge on any atom is -0.497 e. The van der Waals surface area contributed by atoms with Gasteiger partial charge in [0.05, 0.1) is 25.0 Å². The van der Waals surface area contributed by atoms with Crippen molar-refractivity contribution in [2.24, 2.45) is 0 Å². The molecule has 2 aromatic rings. The van der Waals surface area contributed by atoms with Gasteiger partial charge >= 0.3 is 5.97 Å². The molecule has 0 atom stereocenters. The Morgan fingerprint density at radius 3 is 2.74 bits per heavy atom. The summed E-state index contributed by atoms with van der Waals surface area (Å²) in [7, 11) is 1.62. The van der Waals surface area contributed by atoms with Crippen LogP contribution in [0.25, 0.3) is 0 Å². The predicted molar refractivity (Wildman–Crippen MR) is 70.8 cm³/mol. The maximum Gasteiger partial charge on any atom is 0.339 e. The summed E-state index contributed by atoms with van der Waals surface area (Å²) in [6.07, 6.45) is 0. The summed E-state index contributed by atoms with van der Waals surface area (Å²) in [4.78, 5) is 11.1. The fourth-order valence-electron chi connectivity index (χ4n) is 2.10. The molecule has 0 unspecified atom stereocenters. The van der Waals surface area contributed by atoms with Gasteiger partial charge in [-0.15, -0.1) is 0 Å². The summed E-state index contributed by atoms with van der Waals surface area (Å²) in [5, 5.41) is 13.4. The average molecular weight is 260 g/mol. The van der Waals surface area contributed by atoms with Gasteiger partial charge in [-0.25, -0.2) is 4.79 Å². The van der Waals surface area contributed by atoms with Gasteiger partial charge in [0.1, 0.15) is 11.3 Å². The minimum absolute atomic E-state index is 0.280. The zero-order chi connectivity index (χ0) is 14.0. The summed E-state index contributed by atoms with van der Waals surface area (Å²) >= 11 is 0. The summed E-state index contributed by atoms with van der Waals surface area (Å²) < 4.78 is 6.87. The lowest BCUT2D eigenvalue weighted by molar-refractivity contribution is 0.0695. The van der Waals surface area contributed by atoms with Crippen molar-refractivity contribution in [3.05, 3.63) is 46.8 Å². The number of aromatic nitrogens is 2. The average Bonchev–Trinajstić information content (AvgIpc) is 2.64. The van der Waals surface area contributed by atoms with Crippen LogP contribution in [-0.2, 0) is 6.54 Å². The first-order valence-electron chi connectivity index (χ1n) is 5.93. The Labute approximate surface area is 111 Å². The molecule has 0 radical (unpaired) electrons. The first-order valence-corrected chi connectivity index (χ1v) is 5.93. The molecule has 0 aliphatic heterocycles. The van der Waals surface area contributed by atoms with E-state index in [1.165, 1.54) is 0 Å². The Kier molecular flexibility index (Phi) is 3.55. The fourth-order valence-corrected chi connectivity index (χ4v) is 2.10. The lowest BCUT2D eigenvalue weighted by Gasteiger charge is -2.06. The van der Waals surface area contributed by atoms with Crippen LogP contribution in [0.1, 0.15) is 27.3 Å². The second-order valence-corrected chi connectivity index (χ2v) is 4.36. The van der Waals surface area contributed by atoms with Gasteiger partial charge in [-0.3, -0.25) is 4.68 Å². The Morgan fingerprint density at radius 1 is 1.42 bits per heavy atom. The molecule has 1 heterocycles. The highest BCUT2D eigenvalue weighted by atomic mass is 16.5. The topological polar surface area (TPSA) is 64.4 Å². The van der Waals surface area contributed by atoms with Crippen molar-refractivity contribution in [2.45, 2.75) is 20.4 Å². The Hall–Kier alpha value is -2.30. The van der Waals surface area contributed by atoms with Gasteiger partial charge in [0.2, 0.25) is 0 Å². The number of hydrogen-bond acceptors (Lipinski definition) is 3. The lowest BCUT2D eigenvalue weighted by atomic mass is 10.2. The first kappa shape index (κ1) is 13.1. The molecular formula is C14H16N2O3. The molecule has 1 aromatic heterocycles. The molecule has 0 saturated heterocycles. The number of aromatic carboxylic acids is 1. The molecule has 2 rings (SSSR count). The molecule has 0 amide bonds. The number of hydrogen-bond donors (Lipinski definition) is 1. The Balaban J connectivity index is 2.33. The molecule has 0 saturated carbocycles. The maximum atomic E-state index is 11.1. The van der Waals surface area contributed by atoms with Crippen LogP contribution in [-0.4, -0.2) is 28.0 Å². The quantitative estimate of drug-likeness (QED) is 0.915. The zero-order valence-electron chi connectivity index (χ0n) is 11.2. The number of carboxylic acid groups (broad SMARTS) is 1. The molecular weight excluding hydrogens is 244 g/mol. The van der Waals surface area contributed by atoms with Gasteiger partial charge in [0.15, 0.2) is 0 Å². The number of ether oxygens (including phenoxy) is 1. The van der Waals surface area contributed by atoms with E-state index < -0.39 is 5.97 Å². The van der Waals surface area contributed by atoms with Crippen molar-refractivity contribution >= 4 is 5.97 Å². The molecule has 0 fully saturated rings. The predicted octanol–water partition coefficient (Wildman–Crippen LogP) is 2.26. The first-order chi connectivity index (χ1) is 9.02. The lowest BCUT2D eigenvalue weighted by Crippen LogP contribution is -2.06. The number of methoxy groups -OCH3 is 1. The van der Waals surface area contributed by atoms with E-state index in [0.29, 0.717) is 17.9 Å². The molecule has 19 heavy (non-hydrogen) atoms. The van der Waals surface area contributed by atoms with Crippen molar-refractivity contribution < 1.29 is 14.6 Å². The molecule has 0 aliphatic rings. The van der Waals surface area contributed by atoms with Crippen LogP contribution in [0.4, 0.5) is 0 Å². The van der Waals surface area contributed by atoms with Crippen LogP contribution < -0.4 is 4.74 Å². The van der Waals surface area contributed by atoms with E-state index in [-0.39, 0.29) is 5.56 Å². The number of carboxylic acids is 1. The fraction of sp³-hybridized carbons (Fsp3) is 0.286. The van der Waals surface area contributed by atoms with Gasteiger partial charge in [-0.05, 0) is 31.5 Å². The van der Waals surface area contributed by atoms with Gasteiger partial charge in [0.25, 0.3) is 0 Å². The van der Waals surface area contributed by atoms with Crippen LogP contribution in [0.5, 0.6) is 5.75 Å². The van der Waals surface area contributed by atoms with Gasteiger partial charge in [-0.2, -0.15) is 5.10 Å². The van der Waals surface area contributed by atoms with Crippen LogP contribution in [0.15, 0.2) is 24.3 Å². The third-order valence-electron chi connectivity index (χ3n) is 3.06. The molecule has 0 spiro atoms. The standard InChI is InChI=1S/C14H16N2O3/c1-9-13(14(17)18)10(2)16(15-9)8-11-5-4-6-12(7-11)19-3/h4-7H,8H2,1-3H3,(H,17,18). The number of carbonyl (C=O) groups is 1. The zero-order valence-corrected chi connectivity index (χ0v) is 11.2. The highest BCUT2D eigenvalue weighted by Gasteiger charge is 2.17. The van der Waals surface area contributed by atoms with E-state index in [1.807, 2.05) is 24.3 Å². The molecule has 1 N–H and O–H groups in total. The second-order valence-electron chi connectivity index (χ2n) is 4.36. The summed E-state index contributed by atoms with van der Waals surface area (Å²) in [6.45, 7) is 4.00. The van der Waals surface area contributed by atoms with E-state index in [0.717, 1.165) is 11.3 Å². The third kappa shape index (κ3) is 2.59. The van der Waals surface area contributed by atoms with Crippen LogP contribution >= 0.6 is 0 Å². The minimum atomic E-state index is -0.938. The molecule has 5 nitrogen and oxygen atoms in total. The normalized spacial score (nSPS) is 10.5. The van der Waals surface area contributed by atoms with Crippen molar-refractivity contribution in [3.8, 4) is 5.75 Å². The molecule has 1 aromatic carbocycles. The monoisotopic (exact) mass is 260 g/mol. The van der Waals surface area contributed by atoms with E-state index in [2.05, 4.69) is 5.10 Å². The number of benzene rings is 1. The molecule has 0 aliphatic carbocycles. The van der Waals surface area contributed by atoms with Crippen LogP contribution in [0.2, 0.25) is 0 Å². The number of nitrogens with zero attached hydrogens (tertiary/aromatic N) is 2. The Morgan fingerprint density at radius 2 is 2.16 bits per heavy atom. The Bertz CT molecular complexity index is 617. The molecule has 5 heteroatoms. The van der Waals surface area contributed by atoms with Crippen molar-refractivity contribution in [3.63, 3.8) is 0 Å². The van der Waals surface area contributed by atoms with Gasteiger partial charge in [0, 0.05) is 0 Å². The highest BCUT2D eigenvalue weighted by Crippen LogP contribution is 2.17. The van der Waals surface area contributed by atoms with Crippen molar-refractivity contribution in [1.29, 1.82) is 0 Å². The van der Waals surface area contributed by atoms with Crippen molar-refractivity contribution in [2.75, 3.05) is 7.11 Å². The van der Waals surface area contributed by atoms with E-state index in [4.69, 9.17) is 9.84 Å². The number of aryl methyl sites for hydroxylation is 1. The maximum absolute atomic E-state index is 11.1. The summed E-state index contributed by atoms with van der Waals surface area (Å²) in [5.74, 6) is -0.163. The van der Waals surface area contributed by atoms with Crippen LogP contribution in [0.3, 0.4) is 0 Å². The van der Waals surface area contributed by atoms with Gasteiger partial charge < -0.3 is 9.84 Å². The van der Waals surface area contributed by atoms with Crippen LogP contribution in [0, 0.1) is 13.8 Å². The third-order valence-corrected chi connectivity index (χ3v) is 3.06. The van der Waals surface area contributed by atoms with E-state index in [9.17, 15) is 4.79 Å². The van der Waals surface area contributed by atoms with E-state index >= 15 is 0 Å². The molecule has 0 bridgehead atoms. The summed E-state index contributed by atoms with van der Waals surface area (Å²) in [5.41, 5.74) is 2.49. The second kappa shape index (κ2) is 5.14. The van der Waals surface area contributed by atoms with Gasteiger partial charge in [-0.1, -0.05) is 12.1 Å². The molecule has 100 valence electrons. The smallest absolute Gasteiger partial charge is 0.339 e. The van der Waals surface area contributed by atoms with Crippen molar-refractivity contribution in [1.82, 2.24) is 9.78 Å². The highest BCUT2D eigenvalue weighted by molar-refractivity contribution is 5.90. The largest absolute Gasteiger partial charge is 0.497 e.